The molecular weight excluding hydrogens is 233 g/mol. The van der Waals surface area contributed by atoms with Crippen LogP contribution in [-0.2, 0) is 9.53 Å². The van der Waals surface area contributed by atoms with Crippen molar-refractivity contribution < 1.29 is 13.9 Å². The number of methoxy groups -OCH3 is 1. The molecule has 0 saturated heterocycles. The summed E-state index contributed by atoms with van der Waals surface area (Å²) in [6.07, 6.45) is 2.09. The molecule has 2 rings (SSSR count). The Bertz CT molecular complexity index is 432. The molecule has 1 aliphatic carbocycles. The minimum absolute atomic E-state index is 0.0783. The summed E-state index contributed by atoms with van der Waals surface area (Å²) in [5.74, 6) is -0.142. The van der Waals surface area contributed by atoms with Gasteiger partial charge in [-0.25, -0.2) is 4.39 Å². The monoisotopic (exact) mass is 251 g/mol. The Morgan fingerprint density at radius 2 is 2.22 bits per heavy atom. The van der Waals surface area contributed by atoms with Crippen molar-refractivity contribution >= 4 is 5.97 Å². The molecule has 1 aliphatic rings. The Balaban J connectivity index is 2.04. The Morgan fingerprint density at radius 3 is 2.78 bits per heavy atom. The van der Waals surface area contributed by atoms with Crippen molar-refractivity contribution in [2.24, 2.45) is 5.92 Å². The molecule has 0 amide bonds. The van der Waals surface area contributed by atoms with E-state index in [-0.39, 0.29) is 23.9 Å². The van der Waals surface area contributed by atoms with Crippen LogP contribution in [0.1, 0.15) is 31.4 Å². The second-order valence-electron chi connectivity index (χ2n) is 4.78. The SMILES string of the molecule is COC(=O)C(NC(C)c1cccc(F)c1)C1CC1. The number of hydrogen-bond acceptors (Lipinski definition) is 3. The number of carbonyl (C=O) groups excluding carboxylic acids is 1. The van der Waals surface area contributed by atoms with E-state index in [1.54, 1.807) is 6.07 Å². The molecule has 1 fully saturated rings. The normalized spacial score (nSPS) is 18.2. The third kappa shape index (κ3) is 3.07. The molecule has 0 aromatic heterocycles. The maximum atomic E-state index is 13.1. The number of hydrogen-bond donors (Lipinski definition) is 1. The van der Waals surface area contributed by atoms with E-state index in [4.69, 9.17) is 4.74 Å². The van der Waals surface area contributed by atoms with Crippen LogP contribution in [0.25, 0.3) is 0 Å². The van der Waals surface area contributed by atoms with Crippen molar-refractivity contribution in [1.29, 1.82) is 0 Å². The zero-order valence-electron chi connectivity index (χ0n) is 10.7. The standard InChI is InChI=1S/C14H18FNO2/c1-9(11-4-3-5-12(15)8-11)16-13(10-6-7-10)14(17)18-2/h3-5,8-10,13,16H,6-7H2,1-2H3. The molecule has 0 heterocycles. The maximum Gasteiger partial charge on any atom is 0.323 e. The predicted molar refractivity (Wildman–Crippen MR) is 66.5 cm³/mol. The van der Waals surface area contributed by atoms with Gasteiger partial charge in [0.1, 0.15) is 11.9 Å². The number of benzene rings is 1. The molecule has 4 heteroatoms. The molecule has 2 atom stereocenters. The van der Waals surface area contributed by atoms with Crippen molar-refractivity contribution in [2.75, 3.05) is 7.11 Å². The van der Waals surface area contributed by atoms with Gasteiger partial charge in [0, 0.05) is 6.04 Å². The minimum Gasteiger partial charge on any atom is -0.468 e. The van der Waals surface area contributed by atoms with Crippen LogP contribution in [0, 0.1) is 11.7 Å². The van der Waals surface area contributed by atoms with Crippen LogP contribution in [0.4, 0.5) is 4.39 Å². The molecule has 0 spiro atoms. The fourth-order valence-electron chi connectivity index (χ4n) is 2.09. The van der Waals surface area contributed by atoms with Crippen molar-refractivity contribution in [3.05, 3.63) is 35.6 Å². The number of nitrogens with one attached hydrogen (secondary N) is 1. The van der Waals surface area contributed by atoms with Crippen molar-refractivity contribution in [3.8, 4) is 0 Å². The van der Waals surface area contributed by atoms with E-state index in [2.05, 4.69) is 5.32 Å². The van der Waals surface area contributed by atoms with Gasteiger partial charge < -0.3 is 4.74 Å². The van der Waals surface area contributed by atoms with E-state index >= 15 is 0 Å². The van der Waals surface area contributed by atoms with E-state index in [1.807, 2.05) is 13.0 Å². The van der Waals surface area contributed by atoms with Crippen LogP contribution >= 0.6 is 0 Å². The van der Waals surface area contributed by atoms with Crippen LogP contribution in [0.3, 0.4) is 0 Å². The lowest BCUT2D eigenvalue weighted by molar-refractivity contribution is -0.144. The van der Waals surface area contributed by atoms with Crippen LogP contribution in [0.2, 0.25) is 0 Å². The highest BCUT2D eigenvalue weighted by atomic mass is 19.1. The van der Waals surface area contributed by atoms with E-state index in [1.165, 1.54) is 19.2 Å². The summed E-state index contributed by atoms with van der Waals surface area (Å²) >= 11 is 0. The third-order valence-electron chi connectivity index (χ3n) is 3.33. The third-order valence-corrected chi connectivity index (χ3v) is 3.33. The molecular formula is C14H18FNO2. The van der Waals surface area contributed by atoms with E-state index < -0.39 is 0 Å². The first kappa shape index (κ1) is 13.0. The number of rotatable bonds is 5. The second-order valence-corrected chi connectivity index (χ2v) is 4.78. The van der Waals surface area contributed by atoms with E-state index in [9.17, 15) is 9.18 Å². The quantitative estimate of drug-likeness (QED) is 0.817. The zero-order valence-corrected chi connectivity index (χ0v) is 10.7. The van der Waals surface area contributed by atoms with Crippen LogP contribution < -0.4 is 5.32 Å². The van der Waals surface area contributed by atoms with E-state index in [0.29, 0.717) is 5.92 Å². The summed E-state index contributed by atoms with van der Waals surface area (Å²) < 4.78 is 17.9. The first-order chi connectivity index (χ1) is 8.61. The molecule has 1 N–H and O–H groups in total. The van der Waals surface area contributed by atoms with Crippen molar-refractivity contribution in [2.45, 2.75) is 31.8 Å². The summed E-state index contributed by atoms with van der Waals surface area (Å²) in [5, 5.41) is 3.23. The van der Waals surface area contributed by atoms with Crippen molar-refractivity contribution in [3.63, 3.8) is 0 Å². The Labute approximate surface area is 106 Å². The molecule has 1 saturated carbocycles. The molecule has 1 aromatic rings. The van der Waals surface area contributed by atoms with Gasteiger partial charge in [-0.05, 0) is 43.4 Å². The molecule has 2 unspecified atom stereocenters. The molecule has 1 aromatic carbocycles. The molecule has 0 aliphatic heterocycles. The summed E-state index contributed by atoms with van der Waals surface area (Å²) in [7, 11) is 1.40. The van der Waals surface area contributed by atoms with Gasteiger partial charge in [0.05, 0.1) is 7.11 Å². The first-order valence-electron chi connectivity index (χ1n) is 6.21. The number of esters is 1. The van der Waals surface area contributed by atoms with Crippen LogP contribution in [0.5, 0.6) is 0 Å². The van der Waals surface area contributed by atoms with Gasteiger partial charge >= 0.3 is 5.97 Å². The van der Waals surface area contributed by atoms with Crippen molar-refractivity contribution in [1.82, 2.24) is 5.32 Å². The van der Waals surface area contributed by atoms with Gasteiger partial charge in [-0.2, -0.15) is 0 Å². The summed E-state index contributed by atoms with van der Waals surface area (Å²) in [4.78, 5) is 11.7. The number of carbonyl (C=O) groups is 1. The number of halogens is 1. The van der Waals surface area contributed by atoms with Gasteiger partial charge in [-0.3, -0.25) is 10.1 Å². The van der Waals surface area contributed by atoms with Gasteiger partial charge in [0.15, 0.2) is 0 Å². The molecule has 18 heavy (non-hydrogen) atoms. The highest BCUT2D eigenvalue weighted by Gasteiger charge is 2.37. The minimum atomic E-state index is -0.284. The Kier molecular flexibility index (Phi) is 3.97. The molecule has 3 nitrogen and oxygen atoms in total. The second kappa shape index (κ2) is 5.48. The number of ether oxygens (including phenoxy) is 1. The zero-order chi connectivity index (χ0) is 13.1. The molecule has 0 radical (unpaired) electrons. The maximum absolute atomic E-state index is 13.1. The lowest BCUT2D eigenvalue weighted by Gasteiger charge is -2.21. The summed E-state index contributed by atoms with van der Waals surface area (Å²) in [6, 6.07) is 6.06. The highest BCUT2D eigenvalue weighted by Crippen LogP contribution is 2.34. The fourth-order valence-corrected chi connectivity index (χ4v) is 2.09. The molecule has 0 bridgehead atoms. The topological polar surface area (TPSA) is 38.3 Å². The fraction of sp³-hybridized carbons (Fsp3) is 0.500. The van der Waals surface area contributed by atoms with Gasteiger partial charge in [-0.1, -0.05) is 12.1 Å². The Hall–Kier alpha value is -1.42. The largest absolute Gasteiger partial charge is 0.468 e. The summed E-state index contributed by atoms with van der Waals surface area (Å²) in [5.41, 5.74) is 0.838. The summed E-state index contributed by atoms with van der Waals surface area (Å²) in [6.45, 7) is 1.92. The lowest BCUT2D eigenvalue weighted by Crippen LogP contribution is -2.40. The average Bonchev–Trinajstić information content (AvgIpc) is 3.19. The lowest BCUT2D eigenvalue weighted by atomic mass is 10.1. The van der Waals surface area contributed by atoms with Gasteiger partial charge in [0.25, 0.3) is 0 Å². The predicted octanol–water partition coefficient (Wildman–Crippen LogP) is 2.43. The highest BCUT2D eigenvalue weighted by molar-refractivity contribution is 5.76. The van der Waals surface area contributed by atoms with Gasteiger partial charge in [-0.15, -0.1) is 0 Å². The van der Waals surface area contributed by atoms with Gasteiger partial charge in [0.2, 0.25) is 0 Å². The molecule has 98 valence electrons. The van der Waals surface area contributed by atoms with Crippen LogP contribution in [0.15, 0.2) is 24.3 Å². The first-order valence-corrected chi connectivity index (χ1v) is 6.21. The van der Waals surface area contributed by atoms with Crippen LogP contribution in [-0.4, -0.2) is 19.1 Å². The Morgan fingerprint density at radius 1 is 1.50 bits per heavy atom. The average molecular weight is 251 g/mol. The van der Waals surface area contributed by atoms with E-state index in [0.717, 1.165) is 18.4 Å². The smallest absolute Gasteiger partial charge is 0.323 e.